The van der Waals surface area contributed by atoms with Crippen molar-refractivity contribution in [3.05, 3.63) is 29.8 Å². The van der Waals surface area contributed by atoms with Crippen molar-refractivity contribution in [3.63, 3.8) is 0 Å². The third-order valence-electron chi connectivity index (χ3n) is 4.87. The molecule has 3 rings (SSSR count). The molecule has 104 valence electrons. The van der Waals surface area contributed by atoms with Gasteiger partial charge in [-0.15, -0.1) is 0 Å². The molecule has 0 aliphatic carbocycles. The molecule has 1 aromatic rings. The highest BCUT2D eigenvalue weighted by Gasteiger charge is 2.55. The van der Waals surface area contributed by atoms with Gasteiger partial charge in [0.25, 0.3) is 0 Å². The van der Waals surface area contributed by atoms with Crippen LogP contribution in [-0.4, -0.2) is 48.9 Å². The van der Waals surface area contributed by atoms with Crippen LogP contribution in [0.3, 0.4) is 0 Å². The quantitative estimate of drug-likeness (QED) is 0.825. The highest BCUT2D eigenvalue weighted by molar-refractivity contribution is 5.44. The molecule has 1 aromatic carbocycles. The highest BCUT2D eigenvalue weighted by Crippen LogP contribution is 2.48. The van der Waals surface area contributed by atoms with E-state index in [9.17, 15) is 5.11 Å². The molecule has 0 radical (unpaired) electrons. The Balaban J connectivity index is 2.10. The first-order valence-corrected chi connectivity index (χ1v) is 6.95. The lowest BCUT2D eigenvalue weighted by molar-refractivity contribution is -0.0427. The van der Waals surface area contributed by atoms with E-state index in [1.807, 2.05) is 25.2 Å². The Bertz CT molecular complexity index is 479. The van der Waals surface area contributed by atoms with Crippen molar-refractivity contribution >= 4 is 0 Å². The summed E-state index contributed by atoms with van der Waals surface area (Å²) >= 11 is 0. The fourth-order valence-corrected chi connectivity index (χ4v) is 3.71. The van der Waals surface area contributed by atoms with Crippen LogP contribution >= 0.6 is 0 Å². The first-order chi connectivity index (χ1) is 9.11. The van der Waals surface area contributed by atoms with Gasteiger partial charge in [-0.05, 0) is 26.0 Å². The zero-order chi connectivity index (χ0) is 13.5. The first-order valence-electron chi connectivity index (χ1n) is 6.95. The molecule has 1 fully saturated rings. The van der Waals surface area contributed by atoms with Crippen LogP contribution in [-0.2, 0) is 5.41 Å². The fourth-order valence-electron chi connectivity index (χ4n) is 3.71. The zero-order valence-corrected chi connectivity index (χ0v) is 11.4. The Morgan fingerprint density at radius 3 is 2.84 bits per heavy atom. The minimum atomic E-state index is -0.754. The topological polar surface area (TPSA) is 58.7 Å². The second kappa shape index (κ2) is 4.47. The molecule has 0 aromatic heterocycles. The summed E-state index contributed by atoms with van der Waals surface area (Å²) in [4.78, 5) is 2.18. The largest absolute Gasteiger partial charge is 0.493 e. The van der Waals surface area contributed by atoms with Crippen molar-refractivity contribution in [1.82, 2.24) is 4.90 Å². The molecule has 2 aliphatic heterocycles. The van der Waals surface area contributed by atoms with Gasteiger partial charge in [0, 0.05) is 30.6 Å². The summed E-state index contributed by atoms with van der Waals surface area (Å²) < 4.78 is 5.73. The Kier molecular flexibility index (Phi) is 3.04. The number of β-amino-alcohol motifs (C(OH)–C–C–N with tert-alkyl or cyclic N) is 1. The van der Waals surface area contributed by atoms with Crippen molar-refractivity contribution in [2.45, 2.75) is 23.9 Å². The maximum atomic E-state index is 11.2. The second-order valence-electron chi connectivity index (χ2n) is 5.90. The number of aliphatic hydroxyl groups is 1. The van der Waals surface area contributed by atoms with Crippen LogP contribution < -0.4 is 10.5 Å². The standard InChI is InChI=1S/C15H22N2O2/c1-17-8-6-15(18,11-17)14(10-16)7-9-19-13-5-3-2-4-12(13)14/h2-5,18H,6-11,16H2,1H3. The Morgan fingerprint density at radius 1 is 1.37 bits per heavy atom. The molecule has 2 atom stereocenters. The minimum absolute atomic E-state index is 0.382. The highest BCUT2D eigenvalue weighted by atomic mass is 16.5. The normalized spacial score (nSPS) is 34.9. The smallest absolute Gasteiger partial charge is 0.123 e. The SMILES string of the molecule is CN1CCC(O)(C2(CN)CCOc3ccccc32)C1. The molecule has 4 nitrogen and oxygen atoms in total. The van der Waals surface area contributed by atoms with Crippen molar-refractivity contribution in [3.8, 4) is 5.75 Å². The molecule has 0 bridgehead atoms. The lowest BCUT2D eigenvalue weighted by atomic mass is 9.63. The average Bonchev–Trinajstić information content (AvgIpc) is 2.79. The second-order valence-corrected chi connectivity index (χ2v) is 5.90. The summed E-state index contributed by atoms with van der Waals surface area (Å²) in [6.45, 7) is 2.68. The van der Waals surface area contributed by atoms with E-state index in [1.165, 1.54) is 0 Å². The van der Waals surface area contributed by atoms with Crippen LogP contribution in [0.5, 0.6) is 5.75 Å². The predicted molar refractivity (Wildman–Crippen MR) is 74.4 cm³/mol. The zero-order valence-electron chi connectivity index (χ0n) is 11.4. The Labute approximate surface area is 114 Å². The molecule has 2 heterocycles. The molecule has 2 aliphatic rings. The van der Waals surface area contributed by atoms with Gasteiger partial charge in [0.2, 0.25) is 0 Å². The van der Waals surface area contributed by atoms with Crippen molar-refractivity contribution < 1.29 is 9.84 Å². The summed E-state index contributed by atoms with van der Waals surface area (Å²) in [6, 6.07) is 7.99. The molecule has 0 amide bonds. The number of fused-ring (bicyclic) bond motifs is 1. The van der Waals surface area contributed by atoms with E-state index in [-0.39, 0.29) is 5.41 Å². The van der Waals surface area contributed by atoms with E-state index in [0.717, 1.165) is 30.7 Å². The maximum absolute atomic E-state index is 11.2. The average molecular weight is 262 g/mol. The molecule has 0 spiro atoms. The number of benzene rings is 1. The lowest BCUT2D eigenvalue weighted by Gasteiger charge is -2.48. The van der Waals surface area contributed by atoms with Crippen molar-refractivity contribution in [2.24, 2.45) is 5.73 Å². The summed E-state index contributed by atoms with van der Waals surface area (Å²) in [5.74, 6) is 0.877. The first kappa shape index (κ1) is 12.9. The van der Waals surface area contributed by atoms with Gasteiger partial charge in [0.1, 0.15) is 5.75 Å². The number of nitrogens with zero attached hydrogens (tertiary/aromatic N) is 1. The van der Waals surface area contributed by atoms with E-state index in [0.29, 0.717) is 19.7 Å². The molecule has 4 heteroatoms. The summed E-state index contributed by atoms with van der Waals surface area (Å²) in [6.07, 6.45) is 1.56. The van der Waals surface area contributed by atoms with Gasteiger partial charge in [0.15, 0.2) is 0 Å². The summed E-state index contributed by atoms with van der Waals surface area (Å²) in [5.41, 5.74) is 6.06. The number of likely N-dealkylation sites (tertiary alicyclic amines) is 1. The predicted octanol–water partition coefficient (Wildman–Crippen LogP) is 0.732. The van der Waals surface area contributed by atoms with E-state index in [1.54, 1.807) is 0 Å². The summed E-state index contributed by atoms with van der Waals surface area (Å²) in [7, 11) is 2.05. The van der Waals surface area contributed by atoms with E-state index in [2.05, 4.69) is 11.0 Å². The number of rotatable bonds is 2. The van der Waals surface area contributed by atoms with Crippen LogP contribution in [0, 0.1) is 0 Å². The van der Waals surface area contributed by atoms with E-state index < -0.39 is 5.60 Å². The molecule has 19 heavy (non-hydrogen) atoms. The molecular formula is C15H22N2O2. The number of para-hydroxylation sites is 1. The Hall–Kier alpha value is -1.10. The van der Waals surface area contributed by atoms with Gasteiger partial charge in [-0.3, -0.25) is 0 Å². The number of hydrogen-bond acceptors (Lipinski definition) is 4. The van der Waals surface area contributed by atoms with Gasteiger partial charge >= 0.3 is 0 Å². The van der Waals surface area contributed by atoms with Crippen LogP contribution in [0.1, 0.15) is 18.4 Å². The lowest BCUT2D eigenvalue weighted by Crippen LogP contribution is -2.59. The van der Waals surface area contributed by atoms with Gasteiger partial charge in [-0.25, -0.2) is 0 Å². The van der Waals surface area contributed by atoms with Crippen LogP contribution in [0.4, 0.5) is 0 Å². The third-order valence-corrected chi connectivity index (χ3v) is 4.87. The molecular weight excluding hydrogens is 240 g/mol. The van der Waals surface area contributed by atoms with Gasteiger partial charge in [0.05, 0.1) is 12.2 Å². The van der Waals surface area contributed by atoms with E-state index >= 15 is 0 Å². The number of nitrogens with two attached hydrogens (primary N) is 1. The molecule has 2 unspecified atom stereocenters. The van der Waals surface area contributed by atoms with Crippen LogP contribution in [0.25, 0.3) is 0 Å². The molecule has 0 saturated carbocycles. The molecule has 3 N–H and O–H groups in total. The van der Waals surface area contributed by atoms with Crippen molar-refractivity contribution in [1.29, 1.82) is 0 Å². The number of hydrogen-bond donors (Lipinski definition) is 2. The van der Waals surface area contributed by atoms with Gasteiger partial charge in [-0.1, -0.05) is 18.2 Å². The van der Waals surface area contributed by atoms with Gasteiger partial charge < -0.3 is 20.5 Å². The third kappa shape index (κ3) is 1.78. The number of likely N-dealkylation sites (N-methyl/N-ethyl adjacent to an activating group) is 1. The van der Waals surface area contributed by atoms with Gasteiger partial charge in [-0.2, -0.15) is 0 Å². The van der Waals surface area contributed by atoms with Crippen LogP contribution in [0.2, 0.25) is 0 Å². The maximum Gasteiger partial charge on any atom is 0.123 e. The van der Waals surface area contributed by atoms with E-state index in [4.69, 9.17) is 10.5 Å². The minimum Gasteiger partial charge on any atom is -0.493 e. The monoisotopic (exact) mass is 262 g/mol. The number of ether oxygens (including phenoxy) is 1. The molecule has 1 saturated heterocycles. The van der Waals surface area contributed by atoms with Crippen LogP contribution in [0.15, 0.2) is 24.3 Å². The van der Waals surface area contributed by atoms with Crippen molar-refractivity contribution in [2.75, 3.05) is 33.3 Å². The Morgan fingerprint density at radius 2 is 2.16 bits per heavy atom. The summed E-state index contributed by atoms with van der Waals surface area (Å²) in [5, 5.41) is 11.2. The fraction of sp³-hybridized carbons (Fsp3) is 0.600.